The van der Waals surface area contributed by atoms with E-state index in [0.29, 0.717) is 40.0 Å². The fourth-order valence-corrected chi connectivity index (χ4v) is 2.31. The number of methoxy groups -OCH3 is 2. The van der Waals surface area contributed by atoms with Gasteiger partial charge < -0.3 is 14.8 Å². The van der Waals surface area contributed by atoms with Gasteiger partial charge in [-0.25, -0.2) is 9.97 Å². The normalized spacial score (nSPS) is 10.2. The van der Waals surface area contributed by atoms with Gasteiger partial charge in [-0.05, 0) is 32.9 Å². The molecule has 116 valence electrons. The number of hydrogen-bond donors (Lipinski definition) is 1. The summed E-state index contributed by atoms with van der Waals surface area (Å²) in [6.07, 6.45) is 0. The van der Waals surface area contributed by atoms with Gasteiger partial charge in [0.15, 0.2) is 0 Å². The van der Waals surface area contributed by atoms with Crippen molar-refractivity contribution in [1.82, 2.24) is 9.97 Å². The summed E-state index contributed by atoms with van der Waals surface area (Å²) in [4.78, 5) is 21.0. The first-order valence-corrected chi connectivity index (χ1v) is 6.81. The topological polar surface area (TPSA) is 73.3 Å². The van der Waals surface area contributed by atoms with Gasteiger partial charge in [-0.2, -0.15) is 0 Å². The molecule has 0 aliphatic rings. The summed E-state index contributed by atoms with van der Waals surface area (Å²) in [5.74, 6) is 1.55. The number of amides is 1. The third kappa shape index (κ3) is 3.16. The van der Waals surface area contributed by atoms with E-state index < -0.39 is 0 Å². The van der Waals surface area contributed by atoms with Crippen LogP contribution in [0.2, 0.25) is 0 Å². The lowest BCUT2D eigenvalue weighted by Gasteiger charge is -2.13. The van der Waals surface area contributed by atoms with Gasteiger partial charge in [0, 0.05) is 6.07 Å². The number of carbonyl (C=O) groups is 1. The Morgan fingerprint density at radius 1 is 1.05 bits per heavy atom. The molecular weight excluding hydrogens is 282 g/mol. The molecule has 1 heterocycles. The highest BCUT2D eigenvalue weighted by atomic mass is 16.5. The molecule has 1 aromatic heterocycles. The summed E-state index contributed by atoms with van der Waals surface area (Å²) in [6.45, 7) is 5.38. The van der Waals surface area contributed by atoms with Crippen molar-refractivity contribution < 1.29 is 14.3 Å². The highest BCUT2D eigenvalue weighted by Gasteiger charge is 2.17. The van der Waals surface area contributed by atoms with Gasteiger partial charge >= 0.3 is 0 Å². The van der Waals surface area contributed by atoms with Gasteiger partial charge in [-0.15, -0.1) is 0 Å². The lowest BCUT2D eigenvalue weighted by molar-refractivity contribution is 0.102. The van der Waals surface area contributed by atoms with Gasteiger partial charge in [0.1, 0.15) is 17.3 Å². The first-order valence-electron chi connectivity index (χ1n) is 6.81. The molecule has 0 atom stereocenters. The molecule has 0 saturated carbocycles. The van der Waals surface area contributed by atoms with E-state index in [4.69, 9.17) is 9.47 Å². The number of aromatic nitrogens is 2. The van der Waals surface area contributed by atoms with Crippen LogP contribution in [0.3, 0.4) is 0 Å². The van der Waals surface area contributed by atoms with Crippen LogP contribution in [-0.2, 0) is 0 Å². The first-order chi connectivity index (χ1) is 10.5. The van der Waals surface area contributed by atoms with Crippen molar-refractivity contribution in [2.45, 2.75) is 20.8 Å². The van der Waals surface area contributed by atoms with Crippen LogP contribution < -0.4 is 14.8 Å². The van der Waals surface area contributed by atoms with Crippen LogP contribution >= 0.6 is 0 Å². The highest BCUT2D eigenvalue weighted by molar-refractivity contribution is 6.06. The molecule has 0 spiro atoms. The number of benzene rings is 1. The average Bonchev–Trinajstić information content (AvgIpc) is 2.46. The van der Waals surface area contributed by atoms with Gasteiger partial charge in [0.05, 0.1) is 36.9 Å². The van der Waals surface area contributed by atoms with E-state index in [2.05, 4.69) is 15.3 Å². The van der Waals surface area contributed by atoms with E-state index in [1.54, 1.807) is 53.2 Å². The number of rotatable bonds is 4. The second-order valence-corrected chi connectivity index (χ2v) is 4.84. The molecule has 0 unspecified atom stereocenters. The molecule has 2 rings (SSSR count). The maximum Gasteiger partial charge on any atom is 0.259 e. The fourth-order valence-electron chi connectivity index (χ4n) is 2.31. The first kappa shape index (κ1) is 15.8. The Morgan fingerprint density at radius 2 is 1.68 bits per heavy atom. The summed E-state index contributed by atoms with van der Waals surface area (Å²) in [7, 11) is 3.11. The number of anilines is 1. The second kappa shape index (κ2) is 6.43. The van der Waals surface area contributed by atoms with E-state index in [-0.39, 0.29) is 5.91 Å². The largest absolute Gasteiger partial charge is 0.497 e. The molecular formula is C16H19N3O3. The van der Waals surface area contributed by atoms with Crippen molar-refractivity contribution in [3.8, 4) is 11.5 Å². The average molecular weight is 301 g/mol. The molecule has 2 aromatic rings. The summed E-state index contributed by atoms with van der Waals surface area (Å²) >= 11 is 0. The predicted octanol–water partition coefficient (Wildman–Crippen LogP) is 2.67. The van der Waals surface area contributed by atoms with E-state index in [1.165, 1.54) is 0 Å². The molecule has 0 aliphatic carbocycles. The van der Waals surface area contributed by atoms with Crippen LogP contribution in [0.4, 0.5) is 5.69 Å². The molecule has 0 aliphatic heterocycles. The summed E-state index contributed by atoms with van der Waals surface area (Å²) in [5, 5.41) is 2.83. The third-order valence-electron chi connectivity index (χ3n) is 3.26. The molecule has 6 heteroatoms. The number of carbonyl (C=O) groups excluding carboxylic acids is 1. The SMILES string of the molecule is COc1ccc(OC)c(NC(=O)c2c(C)nc(C)nc2C)c1. The Bertz CT molecular complexity index is 691. The molecule has 0 bridgehead atoms. The van der Waals surface area contributed by atoms with Crippen molar-refractivity contribution in [3.63, 3.8) is 0 Å². The van der Waals surface area contributed by atoms with Gasteiger partial charge in [0.25, 0.3) is 5.91 Å². The molecule has 22 heavy (non-hydrogen) atoms. The highest BCUT2D eigenvalue weighted by Crippen LogP contribution is 2.29. The Balaban J connectivity index is 2.37. The minimum absolute atomic E-state index is 0.276. The molecule has 0 radical (unpaired) electrons. The maximum atomic E-state index is 12.5. The molecule has 1 N–H and O–H groups in total. The van der Waals surface area contributed by atoms with E-state index in [1.807, 2.05) is 0 Å². The number of nitrogens with zero attached hydrogens (tertiary/aromatic N) is 2. The quantitative estimate of drug-likeness (QED) is 0.940. The fraction of sp³-hybridized carbons (Fsp3) is 0.312. The van der Waals surface area contributed by atoms with Crippen LogP contribution in [0, 0.1) is 20.8 Å². The Labute approximate surface area is 129 Å². The number of nitrogens with one attached hydrogen (secondary N) is 1. The minimum atomic E-state index is -0.276. The van der Waals surface area contributed by atoms with Crippen molar-refractivity contribution in [2.75, 3.05) is 19.5 Å². The second-order valence-electron chi connectivity index (χ2n) is 4.84. The number of hydrogen-bond acceptors (Lipinski definition) is 5. The van der Waals surface area contributed by atoms with Crippen LogP contribution in [0.25, 0.3) is 0 Å². The molecule has 0 fully saturated rings. The molecule has 0 saturated heterocycles. The lowest BCUT2D eigenvalue weighted by atomic mass is 10.1. The van der Waals surface area contributed by atoms with Gasteiger partial charge in [0.2, 0.25) is 0 Å². The Kier molecular flexibility index (Phi) is 4.60. The smallest absolute Gasteiger partial charge is 0.259 e. The predicted molar refractivity (Wildman–Crippen MR) is 83.7 cm³/mol. The maximum absolute atomic E-state index is 12.5. The molecule has 1 aromatic carbocycles. The summed E-state index contributed by atoms with van der Waals surface area (Å²) < 4.78 is 10.4. The standard InChI is InChI=1S/C16H19N3O3/c1-9-15(10(2)18-11(3)17-9)16(20)19-13-8-12(21-4)6-7-14(13)22-5/h6-8H,1-5H3,(H,19,20). The van der Waals surface area contributed by atoms with Crippen molar-refractivity contribution in [2.24, 2.45) is 0 Å². The minimum Gasteiger partial charge on any atom is -0.497 e. The zero-order valence-electron chi connectivity index (χ0n) is 13.4. The number of ether oxygens (including phenoxy) is 2. The third-order valence-corrected chi connectivity index (χ3v) is 3.26. The van der Waals surface area contributed by atoms with Crippen LogP contribution in [0.1, 0.15) is 27.6 Å². The van der Waals surface area contributed by atoms with Crippen molar-refractivity contribution in [1.29, 1.82) is 0 Å². The summed E-state index contributed by atoms with van der Waals surface area (Å²) in [6, 6.07) is 5.20. The van der Waals surface area contributed by atoms with Crippen LogP contribution in [0.5, 0.6) is 11.5 Å². The zero-order valence-corrected chi connectivity index (χ0v) is 13.4. The summed E-state index contributed by atoms with van der Waals surface area (Å²) in [5.41, 5.74) is 2.29. The van der Waals surface area contributed by atoms with Crippen LogP contribution in [0.15, 0.2) is 18.2 Å². The monoisotopic (exact) mass is 301 g/mol. The van der Waals surface area contributed by atoms with Gasteiger partial charge in [-0.1, -0.05) is 0 Å². The van der Waals surface area contributed by atoms with Crippen molar-refractivity contribution in [3.05, 3.63) is 41.0 Å². The van der Waals surface area contributed by atoms with E-state index in [0.717, 1.165) is 0 Å². The van der Waals surface area contributed by atoms with E-state index in [9.17, 15) is 4.79 Å². The van der Waals surface area contributed by atoms with Crippen LogP contribution in [-0.4, -0.2) is 30.1 Å². The molecule has 6 nitrogen and oxygen atoms in total. The Hall–Kier alpha value is -2.63. The lowest BCUT2D eigenvalue weighted by Crippen LogP contribution is -2.18. The molecule has 1 amide bonds. The Morgan fingerprint density at radius 3 is 2.23 bits per heavy atom. The van der Waals surface area contributed by atoms with Gasteiger partial charge in [-0.3, -0.25) is 4.79 Å². The van der Waals surface area contributed by atoms with E-state index >= 15 is 0 Å². The number of aryl methyl sites for hydroxylation is 3. The van der Waals surface area contributed by atoms with Crippen molar-refractivity contribution >= 4 is 11.6 Å². The zero-order chi connectivity index (χ0) is 16.3.